The van der Waals surface area contributed by atoms with E-state index in [0.717, 1.165) is 17.2 Å². The molecule has 4 rings (SSSR count). The normalized spacial score (nSPS) is 16.9. The zero-order valence-corrected chi connectivity index (χ0v) is 16.9. The molecule has 3 aromatic rings. The van der Waals surface area contributed by atoms with Gasteiger partial charge < -0.3 is 10.2 Å². The predicted octanol–water partition coefficient (Wildman–Crippen LogP) is 4.19. The number of ketones is 1. The number of benzene rings is 1. The number of carbonyl (C=O) groups is 1. The summed E-state index contributed by atoms with van der Waals surface area (Å²) in [5.41, 5.74) is 0.645. The average molecular weight is 426 g/mol. The van der Waals surface area contributed by atoms with Crippen molar-refractivity contribution in [2.45, 2.75) is 19.1 Å². The van der Waals surface area contributed by atoms with Crippen LogP contribution in [-0.4, -0.2) is 35.4 Å². The van der Waals surface area contributed by atoms with E-state index in [9.17, 15) is 18.0 Å². The largest absolute Gasteiger partial charge is 0.418 e. The Hall–Kier alpha value is -3.26. The second-order valence-corrected chi connectivity index (χ2v) is 7.50. The summed E-state index contributed by atoms with van der Waals surface area (Å²) in [7, 11) is 0. The number of hydrogen-bond acceptors (Lipinski definition) is 5. The van der Waals surface area contributed by atoms with Crippen LogP contribution in [0.25, 0.3) is 0 Å². The third-order valence-corrected chi connectivity index (χ3v) is 5.27. The first kappa shape index (κ1) is 21.0. The molecule has 1 aromatic carbocycles. The Labute approximate surface area is 178 Å². The minimum atomic E-state index is -4.69. The first-order valence-corrected chi connectivity index (χ1v) is 9.91. The van der Waals surface area contributed by atoms with Crippen LogP contribution in [0.4, 0.5) is 19.0 Å². The van der Waals surface area contributed by atoms with E-state index in [1.165, 1.54) is 30.6 Å². The number of rotatable bonds is 4. The molecule has 1 aliphatic heterocycles. The Balaban J connectivity index is 1.68. The summed E-state index contributed by atoms with van der Waals surface area (Å²) in [6, 6.07) is 13.3. The number of alkyl halides is 3. The van der Waals surface area contributed by atoms with E-state index in [0.29, 0.717) is 25.5 Å². The van der Waals surface area contributed by atoms with Gasteiger partial charge in [0.05, 0.1) is 5.56 Å². The van der Waals surface area contributed by atoms with Gasteiger partial charge in [-0.2, -0.15) is 13.2 Å². The molecule has 1 aliphatic rings. The second kappa shape index (κ2) is 8.47. The number of piperazine rings is 1. The maximum Gasteiger partial charge on any atom is 0.418 e. The van der Waals surface area contributed by atoms with Crippen LogP contribution >= 0.6 is 0 Å². The van der Waals surface area contributed by atoms with Gasteiger partial charge in [-0.3, -0.25) is 9.78 Å². The fourth-order valence-electron chi connectivity index (χ4n) is 3.73. The molecule has 160 valence electrons. The fourth-order valence-corrected chi connectivity index (χ4v) is 3.73. The average Bonchev–Trinajstić information content (AvgIpc) is 2.78. The van der Waals surface area contributed by atoms with E-state index in [2.05, 4.69) is 21.4 Å². The van der Waals surface area contributed by atoms with Gasteiger partial charge in [-0.1, -0.05) is 29.8 Å². The highest BCUT2D eigenvalue weighted by atomic mass is 19.4. The Morgan fingerprint density at radius 2 is 2.00 bits per heavy atom. The Morgan fingerprint density at radius 1 is 1.16 bits per heavy atom. The summed E-state index contributed by atoms with van der Waals surface area (Å²) in [6.07, 6.45) is -1.99. The molecule has 31 heavy (non-hydrogen) atoms. The van der Waals surface area contributed by atoms with Crippen molar-refractivity contribution in [1.29, 1.82) is 0 Å². The lowest BCUT2D eigenvalue weighted by atomic mass is 10.0. The van der Waals surface area contributed by atoms with Crippen LogP contribution in [0.1, 0.15) is 38.8 Å². The summed E-state index contributed by atoms with van der Waals surface area (Å²) >= 11 is 0. The van der Waals surface area contributed by atoms with E-state index in [4.69, 9.17) is 0 Å². The standard InChI is InChI=1S/C23H21F3N4O/c1-15-4-2-5-16(12-15)19-14-30(11-10-28-19)20-8-7-18(23(24,25)26)21(29-20)22(31)17-6-3-9-27-13-17/h2-9,12-13,19,28H,10-11,14H2,1H3. The zero-order valence-electron chi connectivity index (χ0n) is 16.9. The van der Waals surface area contributed by atoms with Crippen LogP contribution in [0.15, 0.2) is 60.9 Å². The van der Waals surface area contributed by atoms with Crippen LogP contribution in [-0.2, 0) is 6.18 Å². The molecule has 3 heterocycles. The number of carbonyl (C=O) groups excluding carboxylic acids is 1. The number of pyridine rings is 2. The summed E-state index contributed by atoms with van der Waals surface area (Å²) in [5, 5.41) is 3.44. The molecular weight excluding hydrogens is 405 g/mol. The molecule has 2 aromatic heterocycles. The molecule has 1 N–H and O–H groups in total. The minimum absolute atomic E-state index is 0.00946. The van der Waals surface area contributed by atoms with Crippen LogP contribution in [0, 0.1) is 6.92 Å². The number of halogens is 3. The second-order valence-electron chi connectivity index (χ2n) is 7.50. The van der Waals surface area contributed by atoms with Crippen molar-refractivity contribution < 1.29 is 18.0 Å². The van der Waals surface area contributed by atoms with Crippen molar-refractivity contribution in [2.24, 2.45) is 0 Å². The van der Waals surface area contributed by atoms with Gasteiger partial charge in [-0.05, 0) is 36.8 Å². The molecule has 0 saturated carbocycles. The fraction of sp³-hybridized carbons (Fsp3) is 0.261. The van der Waals surface area contributed by atoms with Crippen LogP contribution in [0.5, 0.6) is 0 Å². The highest BCUT2D eigenvalue weighted by Gasteiger charge is 2.37. The summed E-state index contributed by atoms with van der Waals surface area (Å²) in [4.78, 5) is 22.8. The highest BCUT2D eigenvalue weighted by Crippen LogP contribution is 2.34. The van der Waals surface area contributed by atoms with Gasteiger partial charge in [0.15, 0.2) is 0 Å². The number of anilines is 1. The van der Waals surface area contributed by atoms with E-state index in [-0.39, 0.29) is 11.6 Å². The summed E-state index contributed by atoms with van der Waals surface area (Å²) in [5.74, 6) is -0.452. The Kier molecular flexibility index (Phi) is 5.73. The Morgan fingerprint density at radius 3 is 2.71 bits per heavy atom. The molecule has 0 radical (unpaired) electrons. The SMILES string of the molecule is Cc1cccc(C2CN(c3ccc(C(F)(F)F)c(C(=O)c4cccnc4)n3)CCN2)c1. The number of nitrogens with zero attached hydrogens (tertiary/aromatic N) is 3. The number of aryl methyl sites for hydroxylation is 1. The van der Waals surface area contributed by atoms with Gasteiger partial charge in [0, 0.05) is 43.6 Å². The van der Waals surface area contributed by atoms with Crippen LogP contribution < -0.4 is 10.2 Å². The van der Waals surface area contributed by atoms with Crippen LogP contribution in [0.3, 0.4) is 0 Å². The molecule has 1 unspecified atom stereocenters. The van der Waals surface area contributed by atoms with Gasteiger partial charge in [-0.15, -0.1) is 0 Å². The lowest BCUT2D eigenvalue weighted by Crippen LogP contribution is -2.46. The first-order valence-electron chi connectivity index (χ1n) is 9.91. The number of nitrogens with one attached hydrogen (secondary N) is 1. The van der Waals surface area contributed by atoms with Crippen molar-refractivity contribution in [2.75, 3.05) is 24.5 Å². The number of hydrogen-bond donors (Lipinski definition) is 1. The summed E-state index contributed by atoms with van der Waals surface area (Å²) in [6.45, 7) is 3.76. The molecule has 0 bridgehead atoms. The minimum Gasteiger partial charge on any atom is -0.353 e. The molecule has 0 aliphatic carbocycles. The number of aromatic nitrogens is 2. The molecule has 1 saturated heterocycles. The zero-order chi connectivity index (χ0) is 22.0. The van der Waals surface area contributed by atoms with Gasteiger partial charge in [0.2, 0.25) is 5.78 Å². The van der Waals surface area contributed by atoms with Crippen molar-refractivity contribution in [3.05, 3.63) is 88.9 Å². The third kappa shape index (κ3) is 4.59. The predicted molar refractivity (Wildman–Crippen MR) is 111 cm³/mol. The smallest absolute Gasteiger partial charge is 0.353 e. The van der Waals surface area contributed by atoms with Gasteiger partial charge in [0.1, 0.15) is 11.5 Å². The summed E-state index contributed by atoms with van der Waals surface area (Å²) < 4.78 is 40.8. The van der Waals surface area contributed by atoms with Gasteiger partial charge in [-0.25, -0.2) is 4.98 Å². The van der Waals surface area contributed by atoms with E-state index in [1.54, 1.807) is 0 Å². The van der Waals surface area contributed by atoms with Crippen LogP contribution in [0.2, 0.25) is 0 Å². The molecule has 1 fully saturated rings. The third-order valence-electron chi connectivity index (χ3n) is 5.27. The maximum atomic E-state index is 13.6. The van der Waals surface area contributed by atoms with Crippen molar-refractivity contribution in [3.8, 4) is 0 Å². The maximum absolute atomic E-state index is 13.6. The lowest BCUT2D eigenvalue weighted by Gasteiger charge is -2.35. The van der Waals surface area contributed by atoms with Crippen molar-refractivity contribution in [1.82, 2.24) is 15.3 Å². The van der Waals surface area contributed by atoms with Crippen molar-refractivity contribution >= 4 is 11.6 Å². The molecule has 8 heteroatoms. The van der Waals surface area contributed by atoms with E-state index < -0.39 is 23.2 Å². The quantitative estimate of drug-likeness (QED) is 0.634. The molecule has 0 spiro atoms. The molecule has 5 nitrogen and oxygen atoms in total. The van der Waals surface area contributed by atoms with Crippen molar-refractivity contribution in [3.63, 3.8) is 0 Å². The van der Waals surface area contributed by atoms with Gasteiger partial charge in [0.25, 0.3) is 0 Å². The molecular formula is C23H21F3N4O. The Bertz CT molecular complexity index is 1090. The van der Waals surface area contributed by atoms with E-state index in [1.807, 2.05) is 30.0 Å². The van der Waals surface area contributed by atoms with E-state index >= 15 is 0 Å². The van der Waals surface area contributed by atoms with Gasteiger partial charge >= 0.3 is 6.18 Å². The highest BCUT2D eigenvalue weighted by molar-refractivity contribution is 6.08. The monoisotopic (exact) mass is 426 g/mol. The molecule has 0 amide bonds. The molecule has 1 atom stereocenters. The lowest BCUT2D eigenvalue weighted by molar-refractivity contribution is -0.138. The first-order chi connectivity index (χ1) is 14.8. The topological polar surface area (TPSA) is 58.1 Å².